The number of hydrogen-bond donors (Lipinski definition) is 1. The third-order valence-corrected chi connectivity index (χ3v) is 3.29. The van der Waals surface area contributed by atoms with Crippen molar-refractivity contribution in [1.29, 1.82) is 0 Å². The van der Waals surface area contributed by atoms with Crippen LogP contribution >= 0.6 is 0 Å². The summed E-state index contributed by atoms with van der Waals surface area (Å²) in [7, 11) is 0. The van der Waals surface area contributed by atoms with Crippen molar-refractivity contribution in [3.63, 3.8) is 0 Å². The van der Waals surface area contributed by atoms with E-state index in [1.54, 1.807) is 24.7 Å². The molecular formula is C14H16N4O2. The van der Waals surface area contributed by atoms with E-state index in [1.807, 2.05) is 6.07 Å². The smallest absolute Gasteiger partial charge is 0.254 e. The molecule has 1 saturated heterocycles. The van der Waals surface area contributed by atoms with Crippen LogP contribution in [0.25, 0.3) is 0 Å². The molecule has 0 aliphatic carbocycles. The van der Waals surface area contributed by atoms with Crippen molar-refractivity contribution in [2.75, 3.05) is 18.0 Å². The summed E-state index contributed by atoms with van der Waals surface area (Å²) in [6.07, 6.45) is 7.06. The van der Waals surface area contributed by atoms with Gasteiger partial charge in [0.05, 0.1) is 18.4 Å². The highest BCUT2D eigenvalue weighted by Gasteiger charge is 2.15. The van der Waals surface area contributed by atoms with Gasteiger partial charge in [0.1, 0.15) is 5.76 Å². The van der Waals surface area contributed by atoms with Crippen molar-refractivity contribution in [1.82, 2.24) is 15.3 Å². The Morgan fingerprint density at radius 3 is 2.70 bits per heavy atom. The Kier molecular flexibility index (Phi) is 3.62. The fourth-order valence-electron chi connectivity index (χ4n) is 2.20. The number of nitrogens with zero attached hydrogens (tertiary/aromatic N) is 3. The van der Waals surface area contributed by atoms with Crippen LogP contribution in [0.3, 0.4) is 0 Å². The zero-order valence-electron chi connectivity index (χ0n) is 11.1. The predicted octanol–water partition coefficient (Wildman–Crippen LogP) is 1.60. The second-order valence-corrected chi connectivity index (χ2v) is 4.73. The first-order valence-corrected chi connectivity index (χ1v) is 6.70. The van der Waals surface area contributed by atoms with E-state index in [1.165, 1.54) is 12.8 Å². The number of carbonyl (C=O) groups is 1. The van der Waals surface area contributed by atoms with Crippen molar-refractivity contribution in [3.05, 3.63) is 42.1 Å². The van der Waals surface area contributed by atoms with Crippen LogP contribution in [0.15, 0.2) is 35.2 Å². The molecule has 0 radical (unpaired) electrons. The average molecular weight is 272 g/mol. The van der Waals surface area contributed by atoms with E-state index >= 15 is 0 Å². The number of carbonyl (C=O) groups excluding carboxylic acids is 1. The first-order valence-electron chi connectivity index (χ1n) is 6.70. The second kappa shape index (κ2) is 5.73. The summed E-state index contributed by atoms with van der Waals surface area (Å²) in [6.45, 7) is 2.34. The summed E-state index contributed by atoms with van der Waals surface area (Å²) >= 11 is 0. The second-order valence-electron chi connectivity index (χ2n) is 4.73. The number of hydrogen-bond acceptors (Lipinski definition) is 5. The van der Waals surface area contributed by atoms with E-state index in [0.717, 1.165) is 13.1 Å². The molecule has 6 nitrogen and oxygen atoms in total. The van der Waals surface area contributed by atoms with Gasteiger partial charge in [0.2, 0.25) is 5.95 Å². The minimum Gasteiger partial charge on any atom is -0.467 e. The molecule has 104 valence electrons. The molecule has 2 aromatic heterocycles. The normalized spacial score (nSPS) is 14.5. The van der Waals surface area contributed by atoms with Crippen LogP contribution in [0.5, 0.6) is 0 Å². The lowest BCUT2D eigenvalue weighted by Gasteiger charge is -2.14. The van der Waals surface area contributed by atoms with Crippen molar-refractivity contribution >= 4 is 11.9 Å². The molecule has 1 aliphatic rings. The van der Waals surface area contributed by atoms with Crippen LogP contribution in [-0.2, 0) is 6.54 Å². The van der Waals surface area contributed by atoms with Gasteiger partial charge < -0.3 is 14.6 Å². The van der Waals surface area contributed by atoms with Gasteiger partial charge in [-0.3, -0.25) is 4.79 Å². The van der Waals surface area contributed by atoms with E-state index in [9.17, 15) is 4.79 Å². The molecule has 1 N–H and O–H groups in total. The molecule has 0 unspecified atom stereocenters. The number of aromatic nitrogens is 2. The quantitative estimate of drug-likeness (QED) is 0.915. The molecule has 2 aromatic rings. The molecule has 1 fully saturated rings. The van der Waals surface area contributed by atoms with Gasteiger partial charge >= 0.3 is 0 Å². The Balaban J connectivity index is 1.60. The lowest BCUT2D eigenvalue weighted by molar-refractivity contribution is 0.0947. The van der Waals surface area contributed by atoms with Gasteiger partial charge in [-0.05, 0) is 25.0 Å². The van der Waals surface area contributed by atoms with E-state index in [2.05, 4.69) is 20.2 Å². The first-order chi connectivity index (χ1) is 9.83. The lowest BCUT2D eigenvalue weighted by Crippen LogP contribution is -2.24. The molecule has 1 amide bonds. The van der Waals surface area contributed by atoms with E-state index < -0.39 is 0 Å². The van der Waals surface area contributed by atoms with Crippen molar-refractivity contribution < 1.29 is 9.21 Å². The number of amides is 1. The Labute approximate surface area is 116 Å². The lowest BCUT2D eigenvalue weighted by atomic mass is 10.3. The first kappa shape index (κ1) is 12.7. The van der Waals surface area contributed by atoms with Gasteiger partial charge in [-0.15, -0.1) is 0 Å². The van der Waals surface area contributed by atoms with Gasteiger partial charge in [0, 0.05) is 25.5 Å². The maximum atomic E-state index is 11.9. The van der Waals surface area contributed by atoms with Gasteiger partial charge in [-0.2, -0.15) is 0 Å². The van der Waals surface area contributed by atoms with E-state index in [4.69, 9.17) is 4.42 Å². The van der Waals surface area contributed by atoms with Crippen molar-refractivity contribution in [2.45, 2.75) is 19.4 Å². The number of anilines is 1. The molecule has 3 heterocycles. The third-order valence-electron chi connectivity index (χ3n) is 3.29. The molecule has 0 saturated carbocycles. The topological polar surface area (TPSA) is 71.3 Å². The van der Waals surface area contributed by atoms with Crippen LogP contribution in [0.4, 0.5) is 5.95 Å². The molecule has 1 aliphatic heterocycles. The molecule has 20 heavy (non-hydrogen) atoms. The highest BCUT2D eigenvalue weighted by Crippen LogP contribution is 2.14. The Bertz CT molecular complexity index is 559. The highest BCUT2D eigenvalue weighted by atomic mass is 16.3. The summed E-state index contributed by atoms with van der Waals surface area (Å²) < 4.78 is 5.15. The van der Waals surface area contributed by atoms with Gasteiger partial charge in [0.15, 0.2) is 0 Å². The van der Waals surface area contributed by atoms with Gasteiger partial charge in [-0.1, -0.05) is 0 Å². The van der Waals surface area contributed by atoms with Crippen molar-refractivity contribution in [2.24, 2.45) is 0 Å². The standard InChI is InChI=1S/C14H16N4O2/c19-13(15-10-12-4-3-7-20-12)11-8-16-14(17-9-11)18-5-1-2-6-18/h3-4,7-9H,1-2,5-6,10H2,(H,15,19). The van der Waals surface area contributed by atoms with E-state index in [0.29, 0.717) is 23.8 Å². The van der Waals surface area contributed by atoms with Crippen LogP contribution in [0, 0.1) is 0 Å². The van der Waals surface area contributed by atoms with Gasteiger partial charge in [-0.25, -0.2) is 9.97 Å². The van der Waals surface area contributed by atoms with Crippen LogP contribution < -0.4 is 10.2 Å². The minimum absolute atomic E-state index is 0.200. The van der Waals surface area contributed by atoms with Crippen molar-refractivity contribution in [3.8, 4) is 0 Å². The Morgan fingerprint density at radius 1 is 1.30 bits per heavy atom. The SMILES string of the molecule is O=C(NCc1ccco1)c1cnc(N2CCCC2)nc1. The molecular weight excluding hydrogens is 256 g/mol. The van der Waals surface area contributed by atoms with Crippen LogP contribution in [0.2, 0.25) is 0 Å². The number of rotatable bonds is 4. The Hall–Kier alpha value is -2.37. The zero-order chi connectivity index (χ0) is 13.8. The molecule has 0 aromatic carbocycles. The molecule has 0 atom stereocenters. The summed E-state index contributed by atoms with van der Waals surface area (Å²) in [6, 6.07) is 3.60. The minimum atomic E-state index is -0.200. The Morgan fingerprint density at radius 2 is 2.05 bits per heavy atom. The van der Waals surface area contributed by atoms with Crippen LogP contribution in [-0.4, -0.2) is 29.0 Å². The number of furan rings is 1. The summed E-state index contributed by atoms with van der Waals surface area (Å²) in [4.78, 5) is 22.6. The maximum absolute atomic E-state index is 11.9. The van der Waals surface area contributed by atoms with Gasteiger partial charge in [0.25, 0.3) is 5.91 Å². The molecule has 3 rings (SSSR count). The molecule has 6 heteroatoms. The fourth-order valence-corrected chi connectivity index (χ4v) is 2.20. The summed E-state index contributed by atoms with van der Waals surface area (Å²) in [5.74, 6) is 1.22. The monoisotopic (exact) mass is 272 g/mol. The zero-order valence-corrected chi connectivity index (χ0v) is 11.1. The largest absolute Gasteiger partial charge is 0.467 e. The number of nitrogens with one attached hydrogen (secondary N) is 1. The predicted molar refractivity (Wildman–Crippen MR) is 73.4 cm³/mol. The van der Waals surface area contributed by atoms with Crippen LogP contribution in [0.1, 0.15) is 29.0 Å². The van der Waals surface area contributed by atoms with E-state index in [-0.39, 0.29) is 5.91 Å². The average Bonchev–Trinajstić information content (AvgIpc) is 3.18. The highest BCUT2D eigenvalue weighted by molar-refractivity contribution is 5.93. The summed E-state index contributed by atoms with van der Waals surface area (Å²) in [5, 5.41) is 2.76. The maximum Gasteiger partial charge on any atom is 0.254 e. The molecule has 0 spiro atoms. The molecule has 0 bridgehead atoms. The third kappa shape index (κ3) is 2.79. The fraction of sp³-hybridized carbons (Fsp3) is 0.357. The summed E-state index contributed by atoms with van der Waals surface area (Å²) in [5.41, 5.74) is 0.458.